The normalized spacial score (nSPS) is 11.5. The first-order valence-corrected chi connectivity index (χ1v) is 19.8. The lowest BCUT2D eigenvalue weighted by Crippen LogP contribution is -2.45. The van der Waals surface area contributed by atoms with E-state index in [0.29, 0.717) is 36.8 Å². The minimum Gasteiger partial charge on any atom is -0.464 e. The fraction of sp³-hybridized carbons (Fsp3) is 0.923. The van der Waals surface area contributed by atoms with E-state index >= 15 is 0 Å². The van der Waals surface area contributed by atoms with Crippen LogP contribution in [-0.2, 0) is 23.9 Å². The molecular weight excluding hydrogens is 592 g/mol. The first-order valence-electron chi connectivity index (χ1n) is 19.8. The van der Waals surface area contributed by atoms with Gasteiger partial charge in [-0.25, -0.2) is 0 Å². The maximum absolute atomic E-state index is 13.1. The Bertz CT molecular complexity index is 701. The van der Waals surface area contributed by atoms with Crippen LogP contribution in [0.1, 0.15) is 174 Å². The lowest BCUT2D eigenvalue weighted by Gasteiger charge is -2.30. The quantitative estimate of drug-likeness (QED) is 0.0412. The molecule has 0 aromatic carbocycles. The molecule has 0 aromatic rings. The molecule has 0 spiro atoms. The van der Waals surface area contributed by atoms with Crippen LogP contribution in [0.4, 0.5) is 0 Å². The number of hydrogen-bond acceptors (Lipinski definition) is 6. The van der Waals surface area contributed by atoms with Crippen molar-refractivity contribution in [2.75, 3.05) is 60.1 Å². The average molecular weight is 670 g/mol. The summed E-state index contributed by atoms with van der Waals surface area (Å²) in [5.41, 5.74) is 0. The summed E-state index contributed by atoms with van der Waals surface area (Å²) in [5, 5.41) is 9.32. The standard InChI is InChI=1S/C39H77N2O6/c1-5-7-9-11-13-15-17-19-21-23-25-27-38(44)46-35-30-40(37(43)29-32-41(3,4)33-34-42)31-36-47-39(45)28-26-24-22-20-18-16-14-12-10-8-6-2/h42H,5-36H2,1-4H3/q+1. The van der Waals surface area contributed by atoms with Crippen LogP contribution < -0.4 is 0 Å². The van der Waals surface area contributed by atoms with Crippen molar-refractivity contribution in [3.63, 3.8) is 0 Å². The third kappa shape index (κ3) is 31.4. The third-order valence-corrected chi connectivity index (χ3v) is 9.21. The zero-order valence-electron chi connectivity index (χ0n) is 31.5. The number of nitrogens with zero attached hydrogens (tertiary/aromatic N) is 2. The van der Waals surface area contributed by atoms with Crippen molar-refractivity contribution >= 4 is 17.8 Å². The van der Waals surface area contributed by atoms with Gasteiger partial charge in [0.25, 0.3) is 0 Å². The van der Waals surface area contributed by atoms with Gasteiger partial charge in [0, 0.05) is 12.8 Å². The van der Waals surface area contributed by atoms with Gasteiger partial charge in [-0.05, 0) is 12.8 Å². The van der Waals surface area contributed by atoms with Gasteiger partial charge in [-0.3, -0.25) is 14.4 Å². The van der Waals surface area contributed by atoms with Crippen molar-refractivity contribution in [1.29, 1.82) is 0 Å². The van der Waals surface area contributed by atoms with Crippen LogP contribution in [0.2, 0.25) is 0 Å². The number of quaternary nitrogens is 1. The van der Waals surface area contributed by atoms with Gasteiger partial charge in [0.1, 0.15) is 19.8 Å². The fourth-order valence-electron chi connectivity index (χ4n) is 5.85. The maximum Gasteiger partial charge on any atom is 0.305 e. The van der Waals surface area contributed by atoms with Crippen molar-refractivity contribution in [3.8, 4) is 0 Å². The number of hydrogen-bond donors (Lipinski definition) is 1. The summed E-state index contributed by atoms with van der Waals surface area (Å²) < 4.78 is 11.5. The van der Waals surface area contributed by atoms with Gasteiger partial charge in [0.15, 0.2) is 0 Å². The van der Waals surface area contributed by atoms with Gasteiger partial charge in [-0.15, -0.1) is 0 Å². The highest BCUT2D eigenvalue weighted by molar-refractivity contribution is 5.76. The monoisotopic (exact) mass is 670 g/mol. The Morgan fingerprint density at radius 3 is 1.19 bits per heavy atom. The molecule has 0 aliphatic heterocycles. The molecule has 0 saturated heterocycles. The predicted molar refractivity (Wildman–Crippen MR) is 194 cm³/mol. The highest BCUT2D eigenvalue weighted by Gasteiger charge is 2.21. The molecule has 0 fully saturated rings. The fourth-order valence-corrected chi connectivity index (χ4v) is 5.85. The van der Waals surface area contributed by atoms with Crippen molar-refractivity contribution in [1.82, 2.24) is 4.90 Å². The highest BCUT2D eigenvalue weighted by atomic mass is 16.5. The number of carbonyl (C=O) groups is 3. The lowest BCUT2D eigenvalue weighted by molar-refractivity contribution is -0.890. The van der Waals surface area contributed by atoms with E-state index in [2.05, 4.69) is 13.8 Å². The average Bonchev–Trinajstić information content (AvgIpc) is 3.04. The summed E-state index contributed by atoms with van der Waals surface area (Å²) in [5.74, 6) is -0.489. The van der Waals surface area contributed by atoms with Crippen LogP contribution in [0.5, 0.6) is 0 Å². The number of rotatable bonds is 35. The minimum atomic E-state index is -0.215. The number of aliphatic hydroxyl groups excluding tert-OH is 1. The van der Waals surface area contributed by atoms with Gasteiger partial charge in [0.2, 0.25) is 5.91 Å². The maximum atomic E-state index is 13.1. The molecule has 47 heavy (non-hydrogen) atoms. The van der Waals surface area contributed by atoms with Gasteiger partial charge >= 0.3 is 11.9 Å². The van der Waals surface area contributed by atoms with Crippen LogP contribution in [0.3, 0.4) is 0 Å². The summed E-state index contributed by atoms with van der Waals surface area (Å²) >= 11 is 0. The van der Waals surface area contributed by atoms with Gasteiger partial charge in [-0.1, -0.05) is 142 Å². The summed E-state index contributed by atoms with van der Waals surface area (Å²) in [6.07, 6.45) is 28.3. The SMILES string of the molecule is CCCCCCCCCCCCCC(=O)OCCN(CCOC(=O)CCCCCCCCCCCCC)C(=O)CC[N+](C)(C)CCO. The second-order valence-corrected chi connectivity index (χ2v) is 14.2. The van der Waals surface area contributed by atoms with Crippen LogP contribution >= 0.6 is 0 Å². The molecule has 0 saturated carbocycles. The summed E-state index contributed by atoms with van der Waals surface area (Å²) in [7, 11) is 3.97. The van der Waals surface area contributed by atoms with E-state index in [-0.39, 0.29) is 50.8 Å². The zero-order chi connectivity index (χ0) is 34.9. The van der Waals surface area contributed by atoms with E-state index in [9.17, 15) is 19.5 Å². The van der Waals surface area contributed by atoms with E-state index in [0.717, 1.165) is 38.5 Å². The number of aliphatic hydroxyl groups is 1. The first-order chi connectivity index (χ1) is 22.8. The van der Waals surface area contributed by atoms with Crippen molar-refractivity contribution < 1.29 is 33.4 Å². The molecule has 0 radical (unpaired) electrons. The van der Waals surface area contributed by atoms with Gasteiger partial charge in [0.05, 0.1) is 46.8 Å². The zero-order valence-corrected chi connectivity index (χ0v) is 31.5. The largest absolute Gasteiger partial charge is 0.464 e. The minimum absolute atomic E-state index is 0.0584. The number of esters is 2. The molecule has 278 valence electrons. The van der Waals surface area contributed by atoms with Crippen molar-refractivity contribution in [2.24, 2.45) is 0 Å². The van der Waals surface area contributed by atoms with Crippen LogP contribution in [0.25, 0.3) is 0 Å². The molecule has 0 rings (SSSR count). The molecule has 0 atom stereocenters. The van der Waals surface area contributed by atoms with Gasteiger partial charge < -0.3 is 24.0 Å². The van der Waals surface area contributed by atoms with Crippen molar-refractivity contribution in [2.45, 2.75) is 174 Å². The second-order valence-electron chi connectivity index (χ2n) is 14.2. The molecule has 8 nitrogen and oxygen atoms in total. The third-order valence-electron chi connectivity index (χ3n) is 9.21. The Morgan fingerprint density at radius 1 is 0.511 bits per heavy atom. The first kappa shape index (κ1) is 45.3. The molecular formula is C39H77N2O6+. The highest BCUT2D eigenvalue weighted by Crippen LogP contribution is 2.14. The lowest BCUT2D eigenvalue weighted by atomic mass is 10.1. The molecule has 0 aromatic heterocycles. The Kier molecular flexibility index (Phi) is 31.7. The Morgan fingerprint density at radius 2 is 0.851 bits per heavy atom. The Hall–Kier alpha value is -1.67. The molecule has 1 amide bonds. The van der Waals surface area contributed by atoms with E-state index in [1.165, 1.54) is 103 Å². The van der Waals surface area contributed by atoms with Crippen molar-refractivity contribution in [3.05, 3.63) is 0 Å². The predicted octanol–water partition coefficient (Wildman–Crippen LogP) is 8.76. The summed E-state index contributed by atoms with van der Waals surface area (Å²) in [4.78, 5) is 39.4. The molecule has 0 unspecified atom stereocenters. The Balaban J connectivity index is 4.28. The number of carbonyl (C=O) groups excluding carboxylic acids is 3. The van der Waals surface area contributed by atoms with E-state index in [1.54, 1.807) is 4.90 Å². The van der Waals surface area contributed by atoms with Crippen LogP contribution in [0, 0.1) is 0 Å². The summed E-state index contributed by atoms with van der Waals surface area (Å²) in [6, 6.07) is 0. The number of ether oxygens (including phenoxy) is 2. The Labute approximate surface area is 290 Å². The smallest absolute Gasteiger partial charge is 0.305 e. The number of unbranched alkanes of at least 4 members (excludes halogenated alkanes) is 20. The van der Waals surface area contributed by atoms with E-state index in [4.69, 9.17) is 9.47 Å². The molecule has 0 aliphatic carbocycles. The van der Waals surface area contributed by atoms with E-state index < -0.39 is 0 Å². The number of likely N-dealkylation sites (N-methyl/N-ethyl adjacent to an activating group) is 1. The van der Waals surface area contributed by atoms with E-state index in [1.807, 2.05) is 14.1 Å². The van der Waals surface area contributed by atoms with Gasteiger partial charge in [-0.2, -0.15) is 0 Å². The molecule has 0 bridgehead atoms. The molecule has 0 heterocycles. The molecule has 8 heteroatoms. The number of amides is 1. The topological polar surface area (TPSA) is 93.1 Å². The summed E-state index contributed by atoms with van der Waals surface area (Å²) in [6.45, 7) is 6.57. The van der Waals surface area contributed by atoms with Crippen LogP contribution in [-0.4, -0.2) is 92.4 Å². The molecule has 0 aliphatic rings. The molecule has 1 N–H and O–H groups in total. The second kappa shape index (κ2) is 32.9. The van der Waals surface area contributed by atoms with Crippen LogP contribution in [0.15, 0.2) is 0 Å².